The molecule has 0 aromatic rings. The van der Waals surface area contributed by atoms with E-state index in [1.807, 2.05) is 11.8 Å². The predicted octanol–water partition coefficient (Wildman–Crippen LogP) is 0.419. The summed E-state index contributed by atoms with van der Waals surface area (Å²) in [5.41, 5.74) is 0. The molecule has 0 radical (unpaired) electrons. The summed E-state index contributed by atoms with van der Waals surface area (Å²) in [5, 5.41) is 4.16. The number of rotatable bonds is 5. The first-order valence-corrected chi connectivity index (χ1v) is 11.1. The van der Waals surface area contributed by atoms with E-state index in [4.69, 9.17) is 12.2 Å². The van der Waals surface area contributed by atoms with Crippen LogP contribution in [-0.2, 0) is 9.84 Å². The molecule has 0 aliphatic carbocycles. The Bertz CT molecular complexity index is 448. The van der Waals surface area contributed by atoms with Crippen LogP contribution in [0.4, 0.5) is 0 Å². The molecule has 0 saturated carbocycles. The van der Waals surface area contributed by atoms with E-state index in [-0.39, 0.29) is 6.04 Å². The van der Waals surface area contributed by atoms with Crippen molar-refractivity contribution in [1.29, 1.82) is 0 Å². The smallest absolute Gasteiger partial charge is 0.169 e. The highest BCUT2D eigenvalue weighted by Crippen LogP contribution is 2.19. The minimum Gasteiger partial charge on any atom is -0.363 e. The van der Waals surface area contributed by atoms with Crippen molar-refractivity contribution in [2.45, 2.75) is 18.9 Å². The number of nitrogens with one attached hydrogen (secondary N) is 1. The van der Waals surface area contributed by atoms with Gasteiger partial charge in [-0.05, 0) is 37.1 Å². The van der Waals surface area contributed by atoms with Crippen LogP contribution in [0, 0.1) is 0 Å². The van der Waals surface area contributed by atoms with Crippen LogP contribution < -0.4 is 5.32 Å². The van der Waals surface area contributed by atoms with Crippen LogP contribution in [0.15, 0.2) is 0 Å². The summed E-state index contributed by atoms with van der Waals surface area (Å²) in [6, 6.07) is 0.222. The Labute approximate surface area is 137 Å². The number of thioether (sulfide) groups is 1. The number of nitrogens with zero attached hydrogens (tertiary/aromatic N) is 2. The molecule has 0 aromatic heterocycles. The minimum absolute atomic E-state index is 0.222. The van der Waals surface area contributed by atoms with Crippen LogP contribution in [0.2, 0.25) is 0 Å². The van der Waals surface area contributed by atoms with Gasteiger partial charge in [-0.1, -0.05) is 0 Å². The standard InChI is InChI=1S/C13H25N3O2S3/c1-20-9-2-4-14-13(19)16-7-5-15(6-8-16)12-3-10-21(17,18)11-12/h12H,2-11H2,1H3,(H,14,19)/t12-/m1/s1. The maximum Gasteiger partial charge on any atom is 0.169 e. The molecule has 2 fully saturated rings. The van der Waals surface area contributed by atoms with Gasteiger partial charge < -0.3 is 10.2 Å². The van der Waals surface area contributed by atoms with Gasteiger partial charge in [0.15, 0.2) is 14.9 Å². The first-order chi connectivity index (χ1) is 10.0. The Hall–Kier alpha value is -0.0500. The molecule has 0 amide bonds. The fraction of sp³-hybridized carbons (Fsp3) is 0.923. The normalized spacial score (nSPS) is 26.0. The van der Waals surface area contributed by atoms with Gasteiger partial charge in [0.1, 0.15) is 0 Å². The Morgan fingerprint density at radius 1 is 1.33 bits per heavy atom. The highest BCUT2D eigenvalue weighted by molar-refractivity contribution is 7.98. The summed E-state index contributed by atoms with van der Waals surface area (Å²) in [6.45, 7) is 4.54. The largest absolute Gasteiger partial charge is 0.363 e. The molecular weight excluding hydrogens is 326 g/mol. The van der Waals surface area contributed by atoms with E-state index >= 15 is 0 Å². The molecule has 2 aliphatic heterocycles. The fourth-order valence-electron chi connectivity index (χ4n) is 2.88. The quantitative estimate of drug-likeness (QED) is 0.569. The summed E-state index contributed by atoms with van der Waals surface area (Å²) < 4.78 is 23.1. The summed E-state index contributed by atoms with van der Waals surface area (Å²) in [6.07, 6.45) is 4.03. The number of hydrogen-bond acceptors (Lipinski definition) is 5. The van der Waals surface area contributed by atoms with Gasteiger partial charge >= 0.3 is 0 Å². The van der Waals surface area contributed by atoms with Crippen molar-refractivity contribution in [2.75, 3.05) is 56.2 Å². The fourth-order valence-corrected chi connectivity index (χ4v) is 5.36. The Balaban J connectivity index is 1.69. The maximum atomic E-state index is 11.6. The zero-order valence-corrected chi connectivity index (χ0v) is 15.0. The van der Waals surface area contributed by atoms with E-state index < -0.39 is 9.84 Å². The molecule has 2 saturated heterocycles. The van der Waals surface area contributed by atoms with E-state index in [0.717, 1.165) is 56.4 Å². The summed E-state index contributed by atoms with van der Waals surface area (Å²) in [5.74, 6) is 1.84. The van der Waals surface area contributed by atoms with Gasteiger partial charge in [0.25, 0.3) is 0 Å². The highest BCUT2D eigenvalue weighted by atomic mass is 32.2. The SMILES string of the molecule is CSCCCNC(=S)N1CCN([C@@H]2CCS(=O)(=O)C2)CC1. The average molecular weight is 352 g/mol. The van der Waals surface area contributed by atoms with E-state index in [1.54, 1.807) is 0 Å². The van der Waals surface area contributed by atoms with Crippen molar-refractivity contribution in [3.05, 3.63) is 0 Å². The van der Waals surface area contributed by atoms with Crippen LogP contribution in [0.3, 0.4) is 0 Å². The molecule has 0 aromatic carbocycles. The van der Waals surface area contributed by atoms with Gasteiger partial charge in [0.05, 0.1) is 11.5 Å². The van der Waals surface area contributed by atoms with Crippen molar-refractivity contribution in [1.82, 2.24) is 15.1 Å². The minimum atomic E-state index is -2.79. The lowest BCUT2D eigenvalue weighted by Gasteiger charge is -2.38. The summed E-state index contributed by atoms with van der Waals surface area (Å²) in [4.78, 5) is 4.52. The second kappa shape index (κ2) is 7.99. The number of sulfone groups is 1. The van der Waals surface area contributed by atoms with Crippen LogP contribution in [0.25, 0.3) is 0 Å². The molecule has 2 rings (SSSR count). The van der Waals surface area contributed by atoms with Crippen molar-refractivity contribution < 1.29 is 8.42 Å². The molecule has 0 spiro atoms. The Morgan fingerprint density at radius 3 is 2.62 bits per heavy atom. The Morgan fingerprint density at radius 2 is 2.05 bits per heavy atom. The van der Waals surface area contributed by atoms with Gasteiger partial charge in [-0.15, -0.1) is 0 Å². The molecule has 0 unspecified atom stereocenters. The lowest BCUT2D eigenvalue weighted by atomic mass is 10.2. The van der Waals surface area contributed by atoms with Gasteiger partial charge in [-0.2, -0.15) is 11.8 Å². The van der Waals surface area contributed by atoms with Gasteiger partial charge in [0, 0.05) is 38.8 Å². The maximum absolute atomic E-state index is 11.6. The third-order valence-electron chi connectivity index (χ3n) is 4.13. The number of thiocarbonyl (C=S) groups is 1. The zero-order chi connectivity index (χ0) is 15.3. The molecule has 2 aliphatic rings. The third kappa shape index (κ3) is 5.26. The second-order valence-electron chi connectivity index (χ2n) is 5.66. The molecule has 2 heterocycles. The van der Waals surface area contributed by atoms with Crippen molar-refractivity contribution in [3.63, 3.8) is 0 Å². The van der Waals surface area contributed by atoms with E-state index in [2.05, 4.69) is 21.4 Å². The van der Waals surface area contributed by atoms with Crippen molar-refractivity contribution in [2.24, 2.45) is 0 Å². The van der Waals surface area contributed by atoms with Crippen LogP contribution >= 0.6 is 24.0 Å². The van der Waals surface area contributed by atoms with E-state index in [1.165, 1.54) is 0 Å². The van der Waals surface area contributed by atoms with Gasteiger partial charge in [0.2, 0.25) is 0 Å². The van der Waals surface area contributed by atoms with Crippen LogP contribution in [0.1, 0.15) is 12.8 Å². The molecule has 5 nitrogen and oxygen atoms in total. The molecule has 122 valence electrons. The van der Waals surface area contributed by atoms with E-state index in [9.17, 15) is 8.42 Å². The van der Waals surface area contributed by atoms with Crippen LogP contribution in [0.5, 0.6) is 0 Å². The molecule has 1 N–H and O–H groups in total. The number of piperazine rings is 1. The van der Waals surface area contributed by atoms with E-state index in [0.29, 0.717) is 11.5 Å². The third-order valence-corrected chi connectivity index (χ3v) is 6.98. The van der Waals surface area contributed by atoms with Gasteiger partial charge in [-0.25, -0.2) is 8.42 Å². The molecule has 1 atom stereocenters. The predicted molar refractivity (Wildman–Crippen MR) is 93.8 cm³/mol. The first-order valence-electron chi connectivity index (χ1n) is 7.48. The number of hydrogen-bond donors (Lipinski definition) is 1. The highest BCUT2D eigenvalue weighted by Gasteiger charge is 2.33. The monoisotopic (exact) mass is 351 g/mol. The lowest BCUT2D eigenvalue weighted by Crippen LogP contribution is -2.54. The molecular formula is C13H25N3O2S3. The zero-order valence-electron chi connectivity index (χ0n) is 12.6. The second-order valence-corrected chi connectivity index (χ2v) is 9.26. The Kier molecular flexibility index (Phi) is 6.58. The summed E-state index contributed by atoms with van der Waals surface area (Å²) in [7, 11) is -2.79. The molecule has 8 heteroatoms. The first kappa shape index (κ1) is 17.3. The molecule has 21 heavy (non-hydrogen) atoms. The summed E-state index contributed by atoms with van der Waals surface area (Å²) >= 11 is 7.28. The van der Waals surface area contributed by atoms with Crippen molar-refractivity contribution >= 4 is 38.9 Å². The molecule has 0 bridgehead atoms. The van der Waals surface area contributed by atoms with Crippen LogP contribution in [-0.4, -0.2) is 85.6 Å². The van der Waals surface area contributed by atoms with Crippen molar-refractivity contribution in [3.8, 4) is 0 Å². The van der Waals surface area contributed by atoms with Gasteiger partial charge in [-0.3, -0.25) is 4.90 Å². The average Bonchev–Trinajstić information content (AvgIpc) is 2.84. The topological polar surface area (TPSA) is 52.6 Å². The lowest BCUT2D eigenvalue weighted by molar-refractivity contribution is 0.142.